The molecule has 1 amide bonds. The molecule has 3 aliphatic rings. The summed E-state index contributed by atoms with van der Waals surface area (Å²) in [4.78, 5) is 15.7. The first kappa shape index (κ1) is 28.3. The minimum atomic E-state index is -2.77. The summed E-state index contributed by atoms with van der Waals surface area (Å²) in [7, 11) is -2.77. The third-order valence-corrected chi connectivity index (χ3v) is 13.8. The third-order valence-electron chi connectivity index (χ3n) is 8.70. The normalized spacial score (nSPS) is 22.9. The van der Waals surface area contributed by atoms with Gasteiger partial charge in [0, 0.05) is 24.9 Å². The second-order valence-electron chi connectivity index (χ2n) is 13.5. The van der Waals surface area contributed by atoms with Crippen molar-refractivity contribution in [3.05, 3.63) is 60.7 Å². The minimum absolute atomic E-state index is 0.108. The number of carbonyl (C=O) groups excluding carboxylic acids is 1. The van der Waals surface area contributed by atoms with E-state index in [2.05, 4.69) is 81.4 Å². The standard InChI is InChI=1S/C32H45NO5Si/c1-29(2,3)37-28(34)33-24-25(23-31(33)17-19-32(20-18-31)35-21-22-36-32)38-39(30(4,5)6,26-13-9-7-10-14-26)27-15-11-8-12-16-27/h7-16,25H,17-24H2,1-6H3/t25-/m1/s1. The number of hydrogen-bond acceptors (Lipinski definition) is 5. The lowest BCUT2D eigenvalue weighted by molar-refractivity contribution is -0.191. The smallest absolute Gasteiger partial charge is 0.410 e. The van der Waals surface area contributed by atoms with Gasteiger partial charge in [0.1, 0.15) is 5.60 Å². The van der Waals surface area contributed by atoms with Crippen LogP contribution in [0.25, 0.3) is 0 Å². The largest absolute Gasteiger partial charge is 0.444 e. The zero-order valence-electron chi connectivity index (χ0n) is 24.5. The Bertz CT molecular complexity index is 1090. The van der Waals surface area contributed by atoms with Crippen molar-refractivity contribution in [2.45, 2.75) is 102 Å². The zero-order valence-corrected chi connectivity index (χ0v) is 25.5. The quantitative estimate of drug-likeness (QED) is 0.461. The van der Waals surface area contributed by atoms with E-state index in [0.717, 1.165) is 32.1 Å². The lowest BCUT2D eigenvalue weighted by Gasteiger charge is -2.46. The van der Waals surface area contributed by atoms with Gasteiger partial charge in [-0.25, -0.2) is 4.79 Å². The second kappa shape index (κ2) is 10.3. The highest BCUT2D eigenvalue weighted by Crippen LogP contribution is 2.49. The van der Waals surface area contributed by atoms with Gasteiger partial charge in [-0.15, -0.1) is 0 Å². The van der Waals surface area contributed by atoms with Crippen LogP contribution in [-0.4, -0.2) is 62.1 Å². The van der Waals surface area contributed by atoms with Crippen molar-refractivity contribution in [1.82, 2.24) is 4.90 Å². The van der Waals surface area contributed by atoms with Crippen molar-refractivity contribution in [3.63, 3.8) is 0 Å². The SMILES string of the molecule is CC(C)(C)OC(=O)N1C[C@H](O[Si](c2ccccc2)(c2ccccc2)C(C)(C)C)CC12CCC1(CC2)OCCO1. The molecule has 0 N–H and O–H groups in total. The monoisotopic (exact) mass is 551 g/mol. The van der Waals surface area contributed by atoms with E-state index in [0.29, 0.717) is 19.8 Å². The third kappa shape index (κ3) is 5.43. The number of carbonyl (C=O) groups is 1. The van der Waals surface area contributed by atoms with E-state index in [1.807, 2.05) is 25.7 Å². The van der Waals surface area contributed by atoms with Crippen molar-refractivity contribution >= 4 is 24.8 Å². The number of benzene rings is 2. The Kier molecular flexibility index (Phi) is 7.51. The van der Waals surface area contributed by atoms with E-state index in [-0.39, 0.29) is 22.8 Å². The van der Waals surface area contributed by atoms with Crippen LogP contribution in [0.1, 0.15) is 73.6 Å². The van der Waals surface area contributed by atoms with Gasteiger partial charge in [-0.2, -0.15) is 0 Å². The fourth-order valence-corrected chi connectivity index (χ4v) is 11.6. The minimum Gasteiger partial charge on any atom is -0.444 e. The molecule has 39 heavy (non-hydrogen) atoms. The molecule has 2 aromatic rings. The first-order valence-corrected chi connectivity index (χ1v) is 16.4. The summed E-state index contributed by atoms with van der Waals surface area (Å²) in [5.41, 5.74) is -0.901. The summed E-state index contributed by atoms with van der Waals surface area (Å²) in [5, 5.41) is 2.37. The van der Waals surface area contributed by atoms with E-state index >= 15 is 0 Å². The number of rotatable bonds is 4. The van der Waals surface area contributed by atoms with Crippen LogP contribution < -0.4 is 10.4 Å². The van der Waals surface area contributed by atoms with Gasteiger partial charge in [0.2, 0.25) is 0 Å². The van der Waals surface area contributed by atoms with E-state index in [1.165, 1.54) is 10.4 Å². The maximum Gasteiger partial charge on any atom is 0.410 e. The molecule has 2 heterocycles. The number of amides is 1. The molecule has 2 spiro atoms. The van der Waals surface area contributed by atoms with Gasteiger partial charge < -0.3 is 18.6 Å². The zero-order chi connectivity index (χ0) is 27.9. The van der Waals surface area contributed by atoms with Crippen LogP contribution in [0.5, 0.6) is 0 Å². The van der Waals surface area contributed by atoms with Crippen molar-refractivity contribution < 1.29 is 23.4 Å². The Morgan fingerprint density at radius 2 is 1.36 bits per heavy atom. The molecule has 5 rings (SSSR count). The lowest BCUT2D eigenvalue weighted by atomic mass is 9.76. The summed E-state index contributed by atoms with van der Waals surface area (Å²) in [6.07, 6.45) is 3.60. The lowest BCUT2D eigenvalue weighted by Crippen LogP contribution is -2.67. The fourth-order valence-electron chi connectivity index (χ4n) is 6.96. The molecule has 2 aromatic carbocycles. The molecule has 2 aliphatic heterocycles. The number of hydrogen-bond donors (Lipinski definition) is 0. The number of likely N-dealkylation sites (tertiary alicyclic amines) is 1. The molecular formula is C32H45NO5Si. The molecule has 2 saturated heterocycles. The van der Waals surface area contributed by atoms with E-state index in [1.54, 1.807) is 0 Å². The molecule has 1 saturated carbocycles. The molecule has 7 heteroatoms. The first-order valence-electron chi connectivity index (χ1n) is 14.5. The van der Waals surface area contributed by atoms with Gasteiger partial charge in [0.25, 0.3) is 8.32 Å². The molecule has 1 aliphatic carbocycles. The topological polar surface area (TPSA) is 57.2 Å². The summed E-state index contributed by atoms with van der Waals surface area (Å²) < 4.78 is 25.6. The summed E-state index contributed by atoms with van der Waals surface area (Å²) in [6.45, 7) is 14.5. The van der Waals surface area contributed by atoms with Crippen LogP contribution in [0.3, 0.4) is 0 Å². The Balaban J connectivity index is 1.52. The maximum absolute atomic E-state index is 13.7. The van der Waals surface area contributed by atoms with Gasteiger partial charge in [0.05, 0.1) is 19.3 Å². The average molecular weight is 552 g/mol. The molecule has 1 atom stereocenters. The van der Waals surface area contributed by atoms with Crippen LogP contribution in [0, 0.1) is 0 Å². The molecule has 0 bridgehead atoms. The Hall–Kier alpha value is -2.19. The van der Waals surface area contributed by atoms with Crippen LogP contribution in [0.2, 0.25) is 5.04 Å². The average Bonchev–Trinajstić information content (AvgIpc) is 3.49. The van der Waals surface area contributed by atoms with Gasteiger partial charge in [0.15, 0.2) is 5.79 Å². The van der Waals surface area contributed by atoms with Gasteiger partial charge in [-0.3, -0.25) is 4.90 Å². The van der Waals surface area contributed by atoms with Crippen molar-refractivity contribution in [3.8, 4) is 0 Å². The molecule has 0 unspecified atom stereocenters. The molecular weight excluding hydrogens is 506 g/mol. The van der Waals surface area contributed by atoms with Crippen LogP contribution in [-0.2, 0) is 18.6 Å². The predicted octanol–water partition coefficient (Wildman–Crippen LogP) is 5.63. The van der Waals surface area contributed by atoms with Gasteiger partial charge >= 0.3 is 6.09 Å². The van der Waals surface area contributed by atoms with Crippen molar-refractivity contribution in [2.24, 2.45) is 0 Å². The molecule has 3 fully saturated rings. The fraction of sp³-hybridized carbons (Fsp3) is 0.594. The van der Waals surface area contributed by atoms with E-state index < -0.39 is 19.7 Å². The molecule has 6 nitrogen and oxygen atoms in total. The Morgan fingerprint density at radius 3 is 1.82 bits per heavy atom. The summed E-state index contributed by atoms with van der Waals surface area (Å²) in [5.74, 6) is -0.498. The van der Waals surface area contributed by atoms with Crippen LogP contribution >= 0.6 is 0 Å². The van der Waals surface area contributed by atoms with Crippen molar-refractivity contribution in [1.29, 1.82) is 0 Å². The highest BCUT2D eigenvalue weighted by atomic mass is 28.4. The Labute approximate surface area is 235 Å². The highest BCUT2D eigenvalue weighted by Gasteiger charge is 2.58. The maximum atomic E-state index is 13.7. The first-order chi connectivity index (χ1) is 18.4. The Morgan fingerprint density at radius 1 is 0.846 bits per heavy atom. The summed E-state index contributed by atoms with van der Waals surface area (Å²) >= 11 is 0. The molecule has 212 valence electrons. The summed E-state index contributed by atoms with van der Waals surface area (Å²) in [6, 6.07) is 21.5. The van der Waals surface area contributed by atoms with Crippen molar-refractivity contribution in [2.75, 3.05) is 19.8 Å². The number of ether oxygens (including phenoxy) is 3. The van der Waals surface area contributed by atoms with E-state index in [9.17, 15) is 4.79 Å². The van der Waals surface area contributed by atoms with E-state index in [4.69, 9.17) is 18.6 Å². The van der Waals surface area contributed by atoms with Gasteiger partial charge in [-0.05, 0) is 55.4 Å². The number of nitrogens with zero attached hydrogens (tertiary/aromatic N) is 1. The van der Waals surface area contributed by atoms with Gasteiger partial charge in [-0.1, -0.05) is 81.4 Å². The molecule has 0 aromatic heterocycles. The molecule has 0 radical (unpaired) electrons. The second-order valence-corrected chi connectivity index (χ2v) is 17.8. The van der Waals surface area contributed by atoms with Crippen LogP contribution in [0.15, 0.2) is 60.7 Å². The highest BCUT2D eigenvalue weighted by molar-refractivity contribution is 6.99. The van der Waals surface area contributed by atoms with Crippen LogP contribution in [0.4, 0.5) is 4.79 Å². The predicted molar refractivity (Wildman–Crippen MR) is 156 cm³/mol.